The van der Waals surface area contributed by atoms with E-state index in [1.165, 1.54) is 0 Å². The van der Waals surface area contributed by atoms with Gasteiger partial charge in [-0.1, -0.05) is 31.4 Å². The molecular formula is C24H28N6. The van der Waals surface area contributed by atoms with Crippen molar-refractivity contribution in [2.45, 2.75) is 6.04 Å². The van der Waals surface area contributed by atoms with Crippen molar-refractivity contribution in [3.05, 3.63) is 91.0 Å². The predicted octanol–water partition coefficient (Wildman–Crippen LogP) is 3.48. The number of anilines is 1. The van der Waals surface area contributed by atoms with Crippen LogP contribution in [0.2, 0.25) is 0 Å². The van der Waals surface area contributed by atoms with Crippen LogP contribution in [-0.2, 0) is 0 Å². The van der Waals surface area contributed by atoms with E-state index in [1.807, 2.05) is 43.5 Å². The Kier molecular flexibility index (Phi) is 5.68. The van der Waals surface area contributed by atoms with Crippen LogP contribution >= 0.6 is 0 Å². The number of piperazine rings is 1. The number of pyridine rings is 1. The van der Waals surface area contributed by atoms with Crippen LogP contribution in [0.3, 0.4) is 0 Å². The average molecular weight is 401 g/mol. The maximum Gasteiger partial charge on any atom is 0.206 e. The molecule has 0 amide bonds. The zero-order valence-corrected chi connectivity index (χ0v) is 17.6. The van der Waals surface area contributed by atoms with Crippen LogP contribution in [0.25, 0.3) is 5.70 Å². The van der Waals surface area contributed by atoms with Crippen LogP contribution in [0.5, 0.6) is 0 Å². The molecule has 1 atom stereocenters. The number of nitrogens with one attached hydrogen (secondary N) is 1. The fourth-order valence-electron chi connectivity index (χ4n) is 3.77. The maximum atomic E-state index is 4.98. The van der Waals surface area contributed by atoms with Gasteiger partial charge < -0.3 is 15.1 Å². The summed E-state index contributed by atoms with van der Waals surface area (Å²) in [6.07, 6.45) is 5.59. The molecule has 1 unspecified atom stereocenters. The number of hydrogen-bond donors (Lipinski definition) is 1. The zero-order valence-electron chi connectivity index (χ0n) is 17.6. The van der Waals surface area contributed by atoms with Crippen LogP contribution in [0.1, 0.15) is 5.56 Å². The number of hydrogen-bond acceptors (Lipinski definition) is 6. The van der Waals surface area contributed by atoms with E-state index in [2.05, 4.69) is 57.3 Å². The summed E-state index contributed by atoms with van der Waals surface area (Å²) in [5.41, 5.74) is 4.90. The summed E-state index contributed by atoms with van der Waals surface area (Å²) in [4.78, 5) is 15.8. The minimum Gasteiger partial charge on any atom is -0.358 e. The minimum atomic E-state index is 0.165. The highest BCUT2D eigenvalue weighted by Gasteiger charge is 2.31. The zero-order chi connectivity index (χ0) is 21.1. The number of guanidine groups is 1. The average Bonchev–Trinajstić information content (AvgIpc) is 2.77. The van der Waals surface area contributed by atoms with Gasteiger partial charge >= 0.3 is 0 Å². The van der Waals surface area contributed by atoms with Crippen molar-refractivity contribution in [1.29, 1.82) is 0 Å². The monoisotopic (exact) mass is 400 g/mol. The van der Waals surface area contributed by atoms with E-state index in [-0.39, 0.29) is 6.04 Å². The third kappa shape index (κ3) is 4.14. The van der Waals surface area contributed by atoms with Crippen molar-refractivity contribution in [2.75, 3.05) is 39.0 Å². The van der Waals surface area contributed by atoms with E-state index in [0.717, 1.165) is 53.9 Å². The summed E-state index contributed by atoms with van der Waals surface area (Å²) in [5.74, 6) is 0.917. The number of aliphatic imine (C=N–C) groups is 1. The molecule has 2 aliphatic rings. The van der Waals surface area contributed by atoms with Gasteiger partial charge in [0.1, 0.15) is 0 Å². The van der Waals surface area contributed by atoms with Gasteiger partial charge in [-0.05, 0) is 37.4 Å². The topological polar surface area (TPSA) is 47.0 Å². The molecule has 1 fully saturated rings. The Bertz CT molecular complexity index is 979. The number of allylic oxidation sites excluding steroid dienone is 1. The van der Waals surface area contributed by atoms with Crippen LogP contribution in [0, 0.1) is 0 Å². The van der Waals surface area contributed by atoms with Crippen molar-refractivity contribution < 1.29 is 0 Å². The van der Waals surface area contributed by atoms with Gasteiger partial charge in [-0.15, -0.1) is 0 Å². The lowest BCUT2D eigenvalue weighted by molar-refractivity contribution is 0.156. The smallest absolute Gasteiger partial charge is 0.206 e. The molecule has 3 heterocycles. The van der Waals surface area contributed by atoms with E-state index in [4.69, 9.17) is 4.99 Å². The van der Waals surface area contributed by atoms with Crippen LogP contribution < -0.4 is 5.32 Å². The van der Waals surface area contributed by atoms with E-state index in [1.54, 1.807) is 12.4 Å². The molecule has 1 aromatic heterocycles. The normalized spacial score (nSPS) is 19.9. The second-order valence-corrected chi connectivity index (χ2v) is 7.69. The largest absolute Gasteiger partial charge is 0.358 e. The number of nitrogens with zero attached hydrogens (tertiary/aromatic N) is 5. The quantitative estimate of drug-likeness (QED) is 0.851. The maximum absolute atomic E-state index is 4.98. The van der Waals surface area contributed by atoms with Crippen molar-refractivity contribution in [3.8, 4) is 0 Å². The van der Waals surface area contributed by atoms with E-state index >= 15 is 0 Å². The molecule has 2 aliphatic heterocycles. The molecule has 1 N–H and O–H groups in total. The van der Waals surface area contributed by atoms with Gasteiger partial charge in [0, 0.05) is 61.7 Å². The summed E-state index contributed by atoms with van der Waals surface area (Å²) in [5, 5.41) is 3.47. The first-order valence-electron chi connectivity index (χ1n) is 10.1. The molecule has 0 radical (unpaired) electrons. The first-order valence-corrected chi connectivity index (χ1v) is 10.1. The molecule has 0 saturated carbocycles. The van der Waals surface area contributed by atoms with Gasteiger partial charge in [-0.3, -0.25) is 9.88 Å². The molecule has 1 aromatic carbocycles. The van der Waals surface area contributed by atoms with E-state index in [0.29, 0.717) is 0 Å². The van der Waals surface area contributed by atoms with Crippen molar-refractivity contribution in [3.63, 3.8) is 0 Å². The number of para-hydroxylation sites is 1. The van der Waals surface area contributed by atoms with E-state index < -0.39 is 0 Å². The Morgan fingerprint density at radius 1 is 1.07 bits per heavy atom. The number of benzene rings is 1. The highest BCUT2D eigenvalue weighted by atomic mass is 15.4. The second-order valence-electron chi connectivity index (χ2n) is 7.69. The van der Waals surface area contributed by atoms with Crippen LogP contribution in [0.15, 0.2) is 90.5 Å². The Labute approximate surface area is 178 Å². The van der Waals surface area contributed by atoms with Gasteiger partial charge in [0.2, 0.25) is 5.96 Å². The minimum absolute atomic E-state index is 0.165. The molecule has 6 nitrogen and oxygen atoms in total. The molecule has 1 saturated heterocycles. The van der Waals surface area contributed by atoms with Gasteiger partial charge in [0.15, 0.2) is 0 Å². The number of rotatable bonds is 4. The van der Waals surface area contributed by atoms with Crippen molar-refractivity contribution >= 4 is 17.3 Å². The van der Waals surface area contributed by atoms with Crippen LogP contribution in [0.4, 0.5) is 5.69 Å². The van der Waals surface area contributed by atoms with Gasteiger partial charge in [-0.25, -0.2) is 4.99 Å². The first kappa shape index (κ1) is 19.9. The molecule has 6 heteroatoms. The standard InChI is InChI=1S/C24H28N6/c1-18-16-22(20-10-12-25-13-11-20)27-24(29(18)4)30-15-14-28(3)23(17-30)19(2)26-21-8-6-5-7-9-21/h5-13,16,23,26H,1-2,14-15,17H2,3-4H3. The molecule has 154 valence electrons. The van der Waals surface area contributed by atoms with Crippen molar-refractivity contribution in [1.82, 2.24) is 19.7 Å². The number of likely N-dealkylation sites (N-methyl/N-ethyl adjacent to an activating group) is 2. The third-order valence-corrected chi connectivity index (χ3v) is 5.64. The SMILES string of the molecule is C=C(Nc1ccccc1)C1CN(C2=NC(c3ccncc3)=CC(=C)N2C)CCN1C. The first-order chi connectivity index (χ1) is 14.5. The number of aromatic nitrogens is 1. The molecular weight excluding hydrogens is 372 g/mol. The Hall–Kier alpha value is -3.38. The van der Waals surface area contributed by atoms with Gasteiger partial charge in [0.25, 0.3) is 0 Å². The lowest BCUT2D eigenvalue weighted by atomic mass is 10.1. The highest BCUT2D eigenvalue weighted by Crippen LogP contribution is 2.26. The molecule has 30 heavy (non-hydrogen) atoms. The molecule has 0 spiro atoms. The second kappa shape index (κ2) is 8.55. The molecule has 2 aromatic rings. The Morgan fingerprint density at radius 3 is 2.53 bits per heavy atom. The third-order valence-electron chi connectivity index (χ3n) is 5.64. The fraction of sp³-hybridized carbons (Fsp3) is 0.250. The lowest BCUT2D eigenvalue weighted by Gasteiger charge is -2.44. The summed E-state index contributed by atoms with van der Waals surface area (Å²) in [6, 6.07) is 14.3. The van der Waals surface area contributed by atoms with Gasteiger partial charge in [0.05, 0.1) is 11.7 Å². The van der Waals surface area contributed by atoms with Gasteiger partial charge in [-0.2, -0.15) is 0 Å². The van der Waals surface area contributed by atoms with Crippen LogP contribution in [-0.4, -0.2) is 65.4 Å². The van der Waals surface area contributed by atoms with E-state index in [9.17, 15) is 0 Å². The molecule has 4 rings (SSSR count). The van der Waals surface area contributed by atoms with Crippen molar-refractivity contribution in [2.24, 2.45) is 4.99 Å². The fourth-order valence-corrected chi connectivity index (χ4v) is 3.77. The summed E-state index contributed by atoms with van der Waals surface area (Å²) >= 11 is 0. The summed E-state index contributed by atoms with van der Waals surface area (Å²) in [7, 11) is 4.17. The lowest BCUT2D eigenvalue weighted by Crippen LogP contribution is -2.57. The molecule has 0 aliphatic carbocycles. The summed E-state index contributed by atoms with van der Waals surface area (Å²) < 4.78 is 0. The Balaban J connectivity index is 1.55. The predicted molar refractivity (Wildman–Crippen MR) is 124 cm³/mol. The summed E-state index contributed by atoms with van der Waals surface area (Å²) in [6.45, 7) is 11.2. The Morgan fingerprint density at radius 2 is 1.80 bits per heavy atom. The molecule has 0 bridgehead atoms. The highest BCUT2D eigenvalue weighted by molar-refractivity contribution is 5.91.